The first-order valence-corrected chi connectivity index (χ1v) is 27.2. The SMILES string of the molecule is COC(C)(C)c1ccc(-c2csc(C3=C(CN4CCN(c5ccc(C(=O)NS(=O)(=O)c6ccc(NC[C@H]7CC[C@](C)(O)CC7)c([N+](=O)[O-])c6)c(Oc6cnc7[nH]ccc7c6)c5)CC4)CCC(C)(C)C3)c2)c(F)c1. The standard InChI is InChI=1S/C55H64FN7O8S2/c1-53(2)17-15-37(45(30-53)50-26-38(34-72-50)43-10-7-39(27-46(43)56)54(3,4)70-6)33-61-21-23-62(24-22-61)40-8-11-44(49(28-40)71-41-25-36-16-20-57-51(36)59-32-41)52(64)60-73(68,69)42-9-12-47(48(29-42)63(66)67)58-31-35-13-18-55(5,65)19-14-35/h7-12,16,20,25-29,32,34-35,58,65H,13-15,17-19,21-24,30-31,33H2,1-6H3,(H,57,59)(H,60,64)/t35-,55-. The molecule has 0 bridgehead atoms. The van der Waals surface area contributed by atoms with E-state index in [0.29, 0.717) is 49.4 Å². The molecule has 15 nitrogen and oxygen atoms in total. The Morgan fingerprint density at radius 1 is 1.01 bits per heavy atom. The van der Waals surface area contributed by atoms with Crippen LogP contribution in [0.2, 0.25) is 0 Å². The molecule has 3 aromatic heterocycles. The number of hydrogen-bond donors (Lipinski definition) is 4. The fourth-order valence-corrected chi connectivity index (χ4v) is 12.1. The van der Waals surface area contributed by atoms with Gasteiger partial charge in [0.25, 0.3) is 21.6 Å². The summed E-state index contributed by atoms with van der Waals surface area (Å²) in [6.07, 6.45) is 8.99. The van der Waals surface area contributed by atoms with Crippen molar-refractivity contribution in [3.8, 4) is 22.6 Å². The maximum absolute atomic E-state index is 15.6. The minimum atomic E-state index is -4.61. The highest BCUT2D eigenvalue weighted by molar-refractivity contribution is 7.90. The number of benzene rings is 3. The highest BCUT2D eigenvalue weighted by Crippen LogP contribution is 2.46. The third-order valence-corrected chi connectivity index (χ3v) is 17.3. The van der Waals surface area contributed by atoms with Crippen LogP contribution in [0.5, 0.6) is 11.5 Å². The molecule has 4 N–H and O–H groups in total. The van der Waals surface area contributed by atoms with Gasteiger partial charge in [0, 0.05) is 86.2 Å². The Morgan fingerprint density at radius 3 is 2.51 bits per heavy atom. The number of nitro benzene ring substituents is 1. The lowest BCUT2D eigenvalue weighted by Gasteiger charge is -2.39. The van der Waals surface area contributed by atoms with Crippen LogP contribution in [0.15, 0.2) is 101 Å². The van der Waals surface area contributed by atoms with Gasteiger partial charge in [0.2, 0.25) is 0 Å². The number of nitrogens with one attached hydrogen (secondary N) is 3. The number of aromatic amines is 1. The lowest BCUT2D eigenvalue weighted by molar-refractivity contribution is -0.384. The molecular weight excluding hydrogens is 970 g/mol. The van der Waals surface area contributed by atoms with Crippen LogP contribution in [0.3, 0.4) is 0 Å². The summed E-state index contributed by atoms with van der Waals surface area (Å²) in [6, 6.07) is 19.6. The van der Waals surface area contributed by atoms with Gasteiger partial charge in [0.15, 0.2) is 0 Å². The summed E-state index contributed by atoms with van der Waals surface area (Å²) < 4.78 is 57.3. The molecule has 1 aliphatic heterocycles. The Balaban J connectivity index is 0.911. The van der Waals surface area contributed by atoms with Gasteiger partial charge in [-0.25, -0.2) is 22.5 Å². The maximum atomic E-state index is 15.6. The Morgan fingerprint density at radius 2 is 1.78 bits per heavy atom. The van der Waals surface area contributed by atoms with Gasteiger partial charge in [-0.1, -0.05) is 31.6 Å². The second-order valence-electron chi connectivity index (χ2n) is 21.4. The fraction of sp³-hybridized carbons (Fsp3) is 0.418. The Kier molecular flexibility index (Phi) is 14.6. The minimum Gasteiger partial charge on any atom is -0.455 e. The summed E-state index contributed by atoms with van der Waals surface area (Å²) in [4.78, 5) is 38.5. The van der Waals surface area contributed by atoms with E-state index in [0.717, 1.165) is 80.0 Å². The first-order valence-electron chi connectivity index (χ1n) is 24.9. The lowest BCUT2D eigenvalue weighted by Crippen LogP contribution is -2.47. The molecule has 73 heavy (non-hydrogen) atoms. The number of fused-ring (bicyclic) bond motifs is 1. The number of methoxy groups -OCH3 is 1. The molecule has 1 saturated heterocycles. The first-order chi connectivity index (χ1) is 34.7. The Hall–Kier alpha value is -6.18. The number of H-pyrrole nitrogens is 1. The Bertz CT molecular complexity index is 3180. The zero-order valence-corrected chi connectivity index (χ0v) is 43.9. The van der Waals surface area contributed by atoms with Gasteiger partial charge in [-0.3, -0.25) is 19.8 Å². The Labute approximate surface area is 430 Å². The van der Waals surface area contributed by atoms with Crippen molar-refractivity contribution in [3.63, 3.8) is 0 Å². The number of anilines is 2. The lowest BCUT2D eigenvalue weighted by atomic mass is 9.73. The van der Waals surface area contributed by atoms with Crippen molar-refractivity contribution in [3.05, 3.63) is 128 Å². The molecule has 0 atom stereocenters. The molecule has 6 aromatic rings. The topological polar surface area (TPSA) is 192 Å². The number of aliphatic hydroxyl groups is 1. The maximum Gasteiger partial charge on any atom is 0.293 e. The van der Waals surface area contributed by atoms with E-state index in [2.05, 4.69) is 55.1 Å². The summed E-state index contributed by atoms with van der Waals surface area (Å²) in [5, 5.41) is 28.5. The molecule has 0 spiro atoms. The molecule has 4 heterocycles. The van der Waals surface area contributed by atoms with Gasteiger partial charge in [-0.15, -0.1) is 11.3 Å². The second kappa shape index (κ2) is 20.6. The molecule has 1 amide bonds. The molecule has 9 rings (SSSR count). The number of pyridine rings is 1. The summed E-state index contributed by atoms with van der Waals surface area (Å²) >= 11 is 1.67. The third-order valence-electron chi connectivity index (χ3n) is 15.0. The number of aromatic nitrogens is 2. The first kappa shape index (κ1) is 51.7. The number of sulfonamides is 1. The summed E-state index contributed by atoms with van der Waals surface area (Å²) in [6.45, 7) is 14.4. The number of piperazine rings is 1. The van der Waals surface area contributed by atoms with E-state index in [1.54, 1.807) is 55.8 Å². The number of thiophene rings is 1. The molecule has 386 valence electrons. The van der Waals surface area contributed by atoms with Crippen LogP contribution >= 0.6 is 11.3 Å². The van der Waals surface area contributed by atoms with Crippen molar-refractivity contribution in [1.29, 1.82) is 0 Å². The molecule has 0 radical (unpaired) electrons. The van der Waals surface area contributed by atoms with Crippen LogP contribution < -0.4 is 19.7 Å². The number of nitro groups is 1. The van der Waals surface area contributed by atoms with Gasteiger partial charge in [-0.05, 0) is 148 Å². The van der Waals surface area contributed by atoms with E-state index in [4.69, 9.17) is 9.47 Å². The molecule has 3 aliphatic rings. The van der Waals surface area contributed by atoms with E-state index in [9.17, 15) is 28.4 Å². The van der Waals surface area contributed by atoms with Crippen molar-refractivity contribution in [2.24, 2.45) is 11.3 Å². The van der Waals surface area contributed by atoms with Crippen LogP contribution in [0.1, 0.15) is 100 Å². The number of amides is 1. The van der Waals surface area contributed by atoms with Crippen molar-refractivity contribution in [1.82, 2.24) is 19.6 Å². The van der Waals surface area contributed by atoms with Gasteiger partial charge in [0.05, 0.1) is 32.8 Å². The number of nitrogens with zero attached hydrogens (tertiary/aromatic N) is 4. The van der Waals surface area contributed by atoms with Gasteiger partial charge in [-0.2, -0.15) is 0 Å². The highest BCUT2D eigenvalue weighted by atomic mass is 32.2. The average molecular weight is 1030 g/mol. The van der Waals surface area contributed by atoms with Crippen molar-refractivity contribution in [2.45, 2.75) is 95.7 Å². The summed E-state index contributed by atoms with van der Waals surface area (Å²) in [7, 11) is -2.98. The van der Waals surface area contributed by atoms with Crippen molar-refractivity contribution >= 4 is 60.9 Å². The number of carbonyl (C=O) groups excluding carboxylic acids is 1. The van der Waals surface area contributed by atoms with Crippen LogP contribution in [-0.4, -0.2) is 91.2 Å². The van der Waals surface area contributed by atoms with E-state index in [1.807, 2.05) is 32.0 Å². The average Bonchev–Trinajstić information content (AvgIpc) is 4.05. The number of carbonyl (C=O) groups is 1. The predicted octanol–water partition coefficient (Wildman–Crippen LogP) is 11.3. The summed E-state index contributed by atoms with van der Waals surface area (Å²) in [5.74, 6) is -0.633. The van der Waals surface area contributed by atoms with Gasteiger partial charge >= 0.3 is 0 Å². The van der Waals surface area contributed by atoms with Crippen molar-refractivity contribution < 1.29 is 37.1 Å². The monoisotopic (exact) mass is 1030 g/mol. The van der Waals surface area contributed by atoms with Crippen LogP contribution in [0, 0.1) is 27.3 Å². The number of ether oxygens (including phenoxy) is 2. The van der Waals surface area contributed by atoms with Crippen LogP contribution in [-0.2, 0) is 20.4 Å². The fourth-order valence-electron chi connectivity index (χ4n) is 10.1. The van der Waals surface area contributed by atoms with Gasteiger partial charge in [0.1, 0.15) is 28.7 Å². The summed E-state index contributed by atoms with van der Waals surface area (Å²) in [5.41, 5.74) is 4.83. The van der Waals surface area contributed by atoms with E-state index in [-0.39, 0.29) is 34.2 Å². The van der Waals surface area contributed by atoms with Gasteiger partial charge < -0.3 is 29.8 Å². The molecular formula is C55H64FN7O8S2. The molecule has 2 aliphatic carbocycles. The van der Waals surface area contributed by atoms with Crippen molar-refractivity contribution in [2.75, 3.05) is 56.6 Å². The zero-order chi connectivity index (χ0) is 51.9. The molecule has 0 unspecified atom stereocenters. The number of allylic oxidation sites excluding steroid dienone is 1. The molecule has 18 heteroatoms. The predicted molar refractivity (Wildman–Crippen MR) is 284 cm³/mol. The molecule has 3 aromatic carbocycles. The minimum absolute atomic E-state index is 0.0643. The zero-order valence-electron chi connectivity index (χ0n) is 42.2. The highest BCUT2D eigenvalue weighted by Gasteiger charge is 2.33. The van der Waals surface area contributed by atoms with Crippen LogP contribution in [0.4, 0.5) is 21.5 Å². The van der Waals surface area contributed by atoms with E-state index >= 15 is 4.39 Å². The third kappa shape index (κ3) is 11.8. The molecule has 1 saturated carbocycles. The van der Waals surface area contributed by atoms with E-state index < -0.39 is 42.6 Å². The second-order valence-corrected chi connectivity index (χ2v) is 23.9. The van der Waals surface area contributed by atoms with E-state index in [1.165, 1.54) is 40.4 Å². The smallest absolute Gasteiger partial charge is 0.293 e. The quantitative estimate of drug-likeness (QED) is 0.0530. The normalized spacial score (nSPS) is 19.8. The largest absolute Gasteiger partial charge is 0.455 e. The number of halogens is 1. The van der Waals surface area contributed by atoms with Crippen LogP contribution in [0.25, 0.3) is 27.7 Å². The number of rotatable bonds is 16. The number of hydrogen-bond acceptors (Lipinski definition) is 13. The molecule has 2 fully saturated rings.